The van der Waals surface area contributed by atoms with Crippen LogP contribution < -0.4 is 16.0 Å². The van der Waals surface area contributed by atoms with Crippen LogP contribution in [0.15, 0.2) is 138 Å². The fourth-order valence-corrected chi connectivity index (χ4v) is 5.76. The Morgan fingerprint density at radius 1 is 0.761 bits per heavy atom. The Labute approximate surface area is 275 Å². The molecule has 1 atom stereocenters. The second-order valence-corrected chi connectivity index (χ2v) is 11.8. The molecule has 0 radical (unpaired) electrons. The molecular formula is C37H29ClFN3O3S. The number of aryl methyl sites for hydroxylation is 1. The zero-order valence-corrected chi connectivity index (χ0v) is 26.2. The lowest BCUT2D eigenvalue weighted by atomic mass is 10.1. The highest BCUT2D eigenvalue weighted by molar-refractivity contribution is 8.00. The van der Waals surface area contributed by atoms with Crippen LogP contribution in [0.5, 0.6) is 0 Å². The summed E-state index contributed by atoms with van der Waals surface area (Å²) in [7, 11) is 0. The van der Waals surface area contributed by atoms with Crippen molar-refractivity contribution in [3.8, 4) is 0 Å². The van der Waals surface area contributed by atoms with Crippen LogP contribution in [-0.4, -0.2) is 17.7 Å². The molecule has 3 amide bonds. The van der Waals surface area contributed by atoms with Gasteiger partial charge >= 0.3 is 0 Å². The summed E-state index contributed by atoms with van der Waals surface area (Å²) in [5.41, 5.74) is 3.10. The van der Waals surface area contributed by atoms with E-state index >= 15 is 0 Å². The van der Waals surface area contributed by atoms with Crippen LogP contribution in [-0.2, 0) is 9.59 Å². The van der Waals surface area contributed by atoms with Crippen molar-refractivity contribution < 1.29 is 18.8 Å². The Morgan fingerprint density at radius 3 is 2.11 bits per heavy atom. The minimum Gasteiger partial charge on any atom is -0.325 e. The van der Waals surface area contributed by atoms with E-state index in [9.17, 15) is 18.8 Å². The van der Waals surface area contributed by atoms with Gasteiger partial charge in [-0.05, 0) is 84.8 Å². The van der Waals surface area contributed by atoms with E-state index in [0.29, 0.717) is 16.9 Å². The summed E-state index contributed by atoms with van der Waals surface area (Å²) in [5.74, 6) is -2.04. The van der Waals surface area contributed by atoms with Gasteiger partial charge in [0, 0.05) is 27.4 Å². The number of hydrogen-bond donors (Lipinski definition) is 3. The van der Waals surface area contributed by atoms with Gasteiger partial charge in [-0.2, -0.15) is 0 Å². The number of hydrogen-bond acceptors (Lipinski definition) is 4. The molecule has 0 fully saturated rings. The van der Waals surface area contributed by atoms with Gasteiger partial charge in [0.25, 0.3) is 11.8 Å². The van der Waals surface area contributed by atoms with Crippen LogP contribution in [0, 0.1) is 12.7 Å². The lowest BCUT2D eigenvalue weighted by Crippen LogP contribution is -2.30. The summed E-state index contributed by atoms with van der Waals surface area (Å²) in [5, 5.41) is 7.89. The lowest BCUT2D eigenvalue weighted by molar-refractivity contribution is -0.116. The third-order valence-electron chi connectivity index (χ3n) is 6.81. The van der Waals surface area contributed by atoms with Gasteiger partial charge in [-0.25, -0.2) is 4.39 Å². The average Bonchev–Trinajstić information content (AvgIpc) is 3.06. The molecule has 230 valence electrons. The molecular weight excluding hydrogens is 621 g/mol. The van der Waals surface area contributed by atoms with Crippen LogP contribution in [0.1, 0.15) is 32.3 Å². The largest absolute Gasteiger partial charge is 0.325 e. The standard InChI is InChI=1S/C37H29ClFN3O3S/c1-24-10-8-15-28(22-24)41-37(45)34(25-11-4-2-5-12-25)46-29-20-18-27(19-21-29)40-36(44)33(23-30-31(38)16-9-17-32(30)39)42-35(43)26-13-6-3-7-14-26/h2-23,34H,1H3,(H,40,44)(H,41,45)(H,42,43)/b33-23-. The van der Waals surface area contributed by atoms with Crippen molar-refractivity contribution in [1.29, 1.82) is 0 Å². The van der Waals surface area contributed by atoms with Crippen LogP contribution >= 0.6 is 23.4 Å². The first-order chi connectivity index (χ1) is 22.3. The van der Waals surface area contributed by atoms with Crippen molar-refractivity contribution in [2.75, 3.05) is 10.6 Å². The first-order valence-electron chi connectivity index (χ1n) is 14.3. The Kier molecular flexibility index (Phi) is 10.7. The summed E-state index contributed by atoms with van der Waals surface area (Å²) in [6.07, 6.45) is 1.20. The van der Waals surface area contributed by atoms with Crippen LogP contribution in [0.2, 0.25) is 5.02 Å². The van der Waals surface area contributed by atoms with Gasteiger partial charge in [0.2, 0.25) is 5.91 Å². The molecule has 0 aromatic heterocycles. The topological polar surface area (TPSA) is 87.3 Å². The summed E-state index contributed by atoms with van der Waals surface area (Å²) in [6, 6.07) is 36.5. The lowest BCUT2D eigenvalue weighted by Gasteiger charge is -2.18. The number of carbonyl (C=O) groups is 3. The minimum atomic E-state index is -0.677. The van der Waals surface area contributed by atoms with Gasteiger partial charge in [-0.1, -0.05) is 78.3 Å². The molecule has 0 bridgehead atoms. The molecule has 5 aromatic rings. The van der Waals surface area contributed by atoms with Crippen molar-refractivity contribution in [3.63, 3.8) is 0 Å². The number of nitrogens with one attached hydrogen (secondary N) is 3. The number of rotatable bonds is 10. The van der Waals surface area contributed by atoms with Gasteiger partial charge in [0.1, 0.15) is 16.8 Å². The SMILES string of the molecule is Cc1cccc(NC(=O)C(Sc2ccc(NC(=O)/C(=C/c3c(F)cccc3Cl)NC(=O)c3ccccc3)cc2)c2ccccc2)c1. The van der Waals surface area contributed by atoms with Crippen LogP contribution in [0.4, 0.5) is 15.8 Å². The summed E-state index contributed by atoms with van der Waals surface area (Å²) >= 11 is 7.58. The third-order valence-corrected chi connectivity index (χ3v) is 8.41. The van der Waals surface area contributed by atoms with Crippen molar-refractivity contribution in [1.82, 2.24) is 5.32 Å². The first-order valence-corrected chi connectivity index (χ1v) is 15.6. The van der Waals surface area contributed by atoms with E-state index in [4.69, 9.17) is 11.6 Å². The van der Waals surface area contributed by atoms with E-state index < -0.39 is 22.9 Å². The Morgan fingerprint density at radius 2 is 1.43 bits per heavy atom. The van der Waals surface area contributed by atoms with Crippen LogP contribution in [0.25, 0.3) is 6.08 Å². The quantitative estimate of drug-likeness (QED) is 0.104. The number of benzene rings is 5. The van der Waals surface area contributed by atoms with E-state index in [0.717, 1.165) is 16.0 Å². The average molecular weight is 650 g/mol. The maximum Gasteiger partial charge on any atom is 0.272 e. The smallest absolute Gasteiger partial charge is 0.272 e. The number of amides is 3. The van der Waals surface area contributed by atoms with E-state index in [1.54, 1.807) is 54.6 Å². The molecule has 0 aliphatic heterocycles. The third kappa shape index (κ3) is 8.50. The number of halogens is 2. The highest BCUT2D eigenvalue weighted by Crippen LogP contribution is 2.37. The Bertz CT molecular complexity index is 1860. The van der Waals surface area contributed by atoms with Crippen molar-refractivity contribution in [2.45, 2.75) is 17.1 Å². The van der Waals surface area contributed by atoms with Crippen molar-refractivity contribution in [2.24, 2.45) is 0 Å². The first kappa shape index (κ1) is 32.2. The predicted molar refractivity (Wildman–Crippen MR) is 183 cm³/mol. The highest BCUT2D eigenvalue weighted by atomic mass is 35.5. The number of anilines is 2. The van der Waals surface area contributed by atoms with Gasteiger partial charge in [0.15, 0.2) is 0 Å². The monoisotopic (exact) mass is 649 g/mol. The highest BCUT2D eigenvalue weighted by Gasteiger charge is 2.23. The molecule has 3 N–H and O–H groups in total. The Balaban J connectivity index is 1.35. The molecule has 0 saturated heterocycles. The molecule has 5 rings (SSSR count). The molecule has 0 spiro atoms. The van der Waals surface area contributed by atoms with E-state index in [-0.39, 0.29) is 22.2 Å². The zero-order chi connectivity index (χ0) is 32.5. The van der Waals surface area contributed by atoms with Gasteiger partial charge in [0.05, 0.1) is 5.02 Å². The Hall–Kier alpha value is -5.18. The molecule has 1 unspecified atom stereocenters. The maximum absolute atomic E-state index is 14.6. The van der Waals surface area contributed by atoms with Crippen molar-refractivity contribution >= 4 is 58.5 Å². The number of carbonyl (C=O) groups excluding carboxylic acids is 3. The minimum absolute atomic E-state index is 0.0367. The van der Waals surface area contributed by atoms with E-state index in [1.165, 1.54) is 36.0 Å². The molecule has 9 heteroatoms. The number of thioether (sulfide) groups is 1. The molecule has 0 aliphatic rings. The molecule has 5 aromatic carbocycles. The van der Waals surface area contributed by atoms with Gasteiger partial charge in [-0.15, -0.1) is 11.8 Å². The maximum atomic E-state index is 14.6. The second-order valence-electron chi connectivity index (χ2n) is 10.3. The van der Waals surface area contributed by atoms with Gasteiger partial charge in [-0.3, -0.25) is 14.4 Å². The van der Waals surface area contributed by atoms with E-state index in [1.807, 2.05) is 61.5 Å². The normalized spacial score (nSPS) is 11.8. The summed E-state index contributed by atoms with van der Waals surface area (Å²) in [6.45, 7) is 1.96. The fraction of sp³-hybridized carbons (Fsp3) is 0.0541. The molecule has 6 nitrogen and oxygen atoms in total. The summed E-state index contributed by atoms with van der Waals surface area (Å²) in [4.78, 5) is 40.6. The summed E-state index contributed by atoms with van der Waals surface area (Å²) < 4.78 is 14.6. The van der Waals surface area contributed by atoms with Gasteiger partial charge < -0.3 is 16.0 Å². The second kappa shape index (κ2) is 15.2. The zero-order valence-electron chi connectivity index (χ0n) is 24.7. The van der Waals surface area contributed by atoms with Crippen molar-refractivity contribution in [3.05, 3.63) is 166 Å². The molecule has 0 heterocycles. The fourth-order valence-electron chi connectivity index (χ4n) is 4.52. The van der Waals surface area contributed by atoms with E-state index in [2.05, 4.69) is 16.0 Å². The predicted octanol–water partition coefficient (Wildman–Crippen LogP) is 8.67. The van der Waals surface area contributed by atoms with Crippen LogP contribution in [0.3, 0.4) is 0 Å². The molecule has 46 heavy (non-hydrogen) atoms. The molecule has 0 aliphatic carbocycles. The molecule has 0 saturated carbocycles.